The van der Waals surface area contributed by atoms with Crippen LogP contribution in [0.15, 0.2) is 30.3 Å². The van der Waals surface area contributed by atoms with E-state index in [0.717, 1.165) is 25.7 Å². The maximum absolute atomic E-state index is 12.4. The highest BCUT2D eigenvalue weighted by Gasteiger charge is 2.40. The summed E-state index contributed by atoms with van der Waals surface area (Å²) in [5, 5.41) is 12.1. The van der Waals surface area contributed by atoms with Gasteiger partial charge in [-0.15, -0.1) is 0 Å². The van der Waals surface area contributed by atoms with E-state index in [4.69, 9.17) is 5.73 Å². The zero-order valence-electron chi connectivity index (χ0n) is 12.0. The van der Waals surface area contributed by atoms with Crippen LogP contribution in [-0.4, -0.2) is 30.1 Å². The van der Waals surface area contributed by atoms with Crippen LogP contribution < -0.4 is 11.1 Å². The lowest BCUT2D eigenvalue weighted by atomic mass is 9.85. The third kappa shape index (κ3) is 3.42. The molecular formula is C16H22N2O3. The Labute approximate surface area is 124 Å². The van der Waals surface area contributed by atoms with Crippen LogP contribution in [0.2, 0.25) is 0 Å². The lowest BCUT2D eigenvalue weighted by molar-refractivity contribution is -0.139. The van der Waals surface area contributed by atoms with Crippen molar-refractivity contribution >= 4 is 11.9 Å². The Bertz CT molecular complexity index is 496. The quantitative estimate of drug-likeness (QED) is 0.740. The SMILES string of the molecule is NCC1(C(=O)NCC(C(=O)O)c2ccccc2)CCCC1. The molecule has 1 aromatic carbocycles. The van der Waals surface area contributed by atoms with E-state index in [-0.39, 0.29) is 12.5 Å². The first-order chi connectivity index (χ1) is 10.1. The minimum Gasteiger partial charge on any atom is -0.481 e. The third-order valence-corrected chi connectivity index (χ3v) is 4.40. The van der Waals surface area contributed by atoms with Gasteiger partial charge in [-0.3, -0.25) is 9.59 Å². The molecule has 21 heavy (non-hydrogen) atoms. The van der Waals surface area contributed by atoms with Gasteiger partial charge in [-0.1, -0.05) is 43.2 Å². The van der Waals surface area contributed by atoms with Gasteiger partial charge in [0.2, 0.25) is 5.91 Å². The number of carbonyl (C=O) groups is 2. The highest BCUT2D eigenvalue weighted by molar-refractivity contribution is 5.84. The number of nitrogens with two attached hydrogens (primary N) is 1. The summed E-state index contributed by atoms with van der Waals surface area (Å²) in [4.78, 5) is 23.8. The first-order valence-electron chi connectivity index (χ1n) is 7.35. The number of aliphatic carboxylic acids is 1. The summed E-state index contributed by atoms with van der Waals surface area (Å²) in [6.45, 7) is 0.418. The Morgan fingerprint density at radius 2 is 1.86 bits per heavy atom. The number of benzene rings is 1. The third-order valence-electron chi connectivity index (χ3n) is 4.40. The number of rotatable bonds is 6. The van der Waals surface area contributed by atoms with Crippen molar-refractivity contribution in [3.63, 3.8) is 0 Å². The Balaban J connectivity index is 2.02. The van der Waals surface area contributed by atoms with Crippen LogP contribution in [0.25, 0.3) is 0 Å². The molecule has 4 N–H and O–H groups in total. The molecule has 1 unspecified atom stereocenters. The van der Waals surface area contributed by atoms with Gasteiger partial charge in [-0.25, -0.2) is 0 Å². The topological polar surface area (TPSA) is 92.4 Å². The maximum atomic E-state index is 12.4. The minimum atomic E-state index is -0.935. The van der Waals surface area contributed by atoms with Gasteiger partial charge in [-0.05, 0) is 18.4 Å². The second-order valence-corrected chi connectivity index (χ2v) is 5.70. The fourth-order valence-electron chi connectivity index (χ4n) is 2.99. The van der Waals surface area contributed by atoms with E-state index in [1.165, 1.54) is 0 Å². The Kier molecular flexibility index (Phi) is 4.96. The van der Waals surface area contributed by atoms with Crippen molar-refractivity contribution in [2.45, 2.75) is 31.6 Å². The van der Waals surface area contributed by atoms with Crippen LogP contribution in [0, 0.1) is 5.41 Å². The van der Waals surface area contributed by atoms with Crippen LogP contribution in [0.5, 0.6) is 0 Å². The molecule has 0 aromatic heterocycles. The fraction of sp³-hybridized carbons (Fsp3) is 0.500. The number of hydrogen-bond acceptors (Lipinski definition) is 3. The van der Waals surface area contributed by atoms with Crippen LogP contribution >= 0.6 is 0 Å². The largest absolute Gasteiger partial charge is 0.481 e. The highest BCUT2D eigenvalue weighted by Crippen LogP contribution is 2.37. The predicted octanol–water partition coefficient (Wildman–Crippen LogP) is 1.49. The zero-order valence-corrected chi connectivity index (χ0v) is 12.0. The van der Waals surface area contributed by atoms with E-state index in [9.17, 15) is 14.7 Å². The van der Waals surface area contributed by atoms with Crippen LogP contribution in [0.3, 0.4) is 0 Å². The average molecular weight is 290 g/mol. The normalized spacial score (nSPS) is 18.1. The average Bonchev–Trinajstić information content (AvgIpc) is 2.98. The molecular weight excluding hydrogens is 268 g/mol. The molecule has 0 aliphatic heterocycles. The number of amides is 1. The summed E-state index contributed by atoms with van der Waals surface area (Å²) in [5.41, 5.74) is 5.96. The molecule has 0 saturated heterocycles. The summed E-state index contributed by atoms with van der Waals surface area (Å²) >= 11 is 0. The van der Waals surface area contributed by atoms with Crippen molar-refractivity contribution in [3.05, 3.63) is 35.9 Å². The van der Waals surface area contributed by atoms with Gasteiger partial charge >= 0.3 is 5.97 Å². The number of nitrogens with one attached hydrogen (secondary N) is 1. The number of carbonyl (C=O) groups excluding carboxylic acids is 1. The molecule has 1 saturated carbocycles. The van der Waals surface area contributed by atoms with Gasteiger partial charge in [0.05, 0.1) is 11.3 Å². The smallest absolute Gasteiger partial charge is 0.312 e. The first-order valence-corrected chi connectivity index (χ1v) is 7.35. The molecule has 0 heterocycles. The minimum absolute atomic E-state index is 0.0972. The first kappa shape index (κ1) is 15.5. The molecule has 0 spiro atoms. The Hall–Kier alpha value is -1.88. The molecule has 1 aliphatic carbocycles. The van der Waals surface area contributed by atoms with Gasteiger partial charge in [0.15, 0.2) is 0 Å². The van der Waals surface area contributed by atoms with Crippen molar-refractivity contribution in [3.8, 4) is 0 Å². The summed E-state index contributed by atoms with van der Waals surface area (Å²) in [5.74, 6) is -1.77. The van der Waals surface area contributed by atoms with Crippen molar-refractivity contribution in [1.82, 2.24) is 5.32 Å². The molecule has 1 amide bonds. The van der Waals surface area contributed by atoms with Gasteiger partial charge < -0.3 is 16.2 Å². The maximum Gasteiger partial charge on any atom is 0.312 e. The van der Waals surface area contributed by atoms with E-state index < -0.39 is 17.3 Å². The fourth-order valence-corrected chi connectivity index (χ4v) is 2.99. The number of carboxylic acids is 1. The predicted molar refractivity (Wildman–Crippen MR) is 79.8 cm³/mol. The van der Waals surface area contributed by atoms with E-state index in [1.807, 2.05) is 6.07 Å². The number of hydrogen-bond donors (Lipinski definition) is 3. The summed E-state index contributed by atoms with van der Waals surface area (Å²) in [7, 11) is 0. The van der Waals surface area contributed by atoms with Gasteiger partial charge in [-0.2, -0.15) is 0 Å². The van der Waals surface area contributed by atoms with E-state index in [0.29, 0.717) is 12.1 Å². The van der Waals surface area contributed by atoms with E-state index >= 15 is 0 Å². The molecule has 5 heteroatoms. The zero-order chi connectivity index (χ0) is 15.3. The highest BCUT2D eigenvalue weighted by atomic mass is 16.4. The standard InChI is InChI=1S/C16H22N2O3/c17-11-16(8-4-5-9-16)15(21)18-10-13(14(19)20)12-6-2-1-3-7-12/h1-3,6-7,13H,4-5,8-11,17H2,(H,18,21)(H,19,20). The summed E-state index contributed by atoms with van der Waals surface area (Å²) < 4.78 is 0. The lowest BCUT2D eigenvalue weighted by Gasteiger charge is -2.26. The van der Waals surface area contributed by atoms with Crippen molar-refractivity contribution in [1.29, 1.82) is 0 Å². The molecule has 0 bridgehead atoms. The van der Waals surface area contributed by atoms with Crippen molar-refractivity contribution in [2.75, 3.05) is 13.1 Å². The van der Waals surface area contributed by atoms with E-state index in [2.05, 4.69) is 5.32 Å². The summed E-state index contributed by atoms with van der Waals surface area (Å²) in [6.07, 6.45) is 3.59. The second-order valence-electron chi connectivity index (χ2n) is 5.70. The molecule has 2 rings (SSSR count). The Morgan fingerprint density at radius 1 is 1.24 bits per heavy atom. The molecule has 0 radical (unpaired) electrons. The Morgan fingerprint density at radius 3 is 2.38 bits per heavy atom. The molecule has 114 valence electrons. The van der Waals surface area contributed by atoms with Crippen LogP contribution in [0.1, 0.15) is 37.2 Å². The van der Waals surface area contributed by atoms with Crippen LogP contribution in [0.4, 0.5) is 0 Å². The van der Waals surface area contributed by atoms with Crippen molar-refractivity contribution < 1.29 is 14.7 Å². The second kappa shape index (κ2) is 6.72. The van der Waals surface area contributed by atoms with E-state index in [1.54, 1.807) is 24.3 Å². The van der Waals surface area contributed by atoms with Gasteiger partial charge in [0, 0.05) is 13.1 Å². The molecule has 1 fully saturated rings. The van der Waals surface area contributed by atoms with Gasteiger partial charge in [0.1, 0.15) is 0 Å². The molecule has 1 aliphatic rings. The molecule has 1 atom stereocenters. The summed E-state index contributed by atoms with van der Waals surface area (Å²) in [6, 6.07) is 8.96. The molecule has 5 nitrogen and oxygen atoms in total. The lowest BCUT2D eigenvalue weighted by Crippen LogP contribution is -2.45. The monoisotopic (exact) mass is 290 g/mol. The van der Waals surface area contributed by atoms with Crippen molar-refractivity contribution in [2.24, 2.45) is 11.1 Å². The number of carboxylic acid groups (broad SMARTS) is 1. The molecule has 1 aromatic rings. The van der Waals surface area contributed by atoms with Gasteiger partial charge in [0.25, 0.3) is 0 Å². The van der Waals surface area contributed by atoms with Crippen LogP contribution in [-0.2, 0) is 9.59 Å².